The maximum atomic E-state index is 12.2. The number of sulfonamides is 1. The Bertz CT molecular complexity index is 361. The Hall–Kier alpha value is -0.130. The quantitative estimate of drug-likeness (QED) is 0.748. The fraction of sp³-hybridized carbons (Fsp3) is 1.00. The van der Waals surface area contributed by atoms with Gasteiger partial charge in [-0.1, -0.05) is 19.8 Å². The third kappa shape index (κ3) is 3.25. The fourth-order valence-electron chi connectivity index (χ4n) is 3.35. The van der Waals surface area contributed by atoms with Gasteiger partial charge in [-0.3, -0.25) is 0 Å². The zero-order valence-corrected chi connectivity index (χ0v) is 12.3. The van der Waals surface area contributed by atoms with Crippen molar-refractivity contribution in [3.05, 3.63) is 0 Å². The summed E-state index contributed by atoms with van der Waals surface area (Å²) in [7, 11) is -3.01. The lowest BCUT2D eigenvalue weighted by atomic mass is 9.86. The first kappa shape index (κ1) is 14.3. The lowest BCUT2D eigenvalue weighted by Gasteiger charge is -2.23. The van der Waals surface area contributed by atoms with Crippen molar-refractivity contribution >= 4 is 10.0 Å². The maximum absolute atomic E-state index is 12.2. The second-order valence-electron chi connectivity index (χ2n) is 5.81. The lowest BCUT2D eigenvalue weighted by molar-refractivity contribution is 0.313. The minimum atomic E-state index is -3.01. The molecule has 1 saturated carbocycles. The highest BCUT2D eigenvalue weighted by Gasteiger charge is 2.43. The molecule has 0 unspecified atom stereocenters. The second-order valence-corrected chi connectivity index (χ2v) is 7.90. The third-order valence-corrected chi connectivity index (χ3v) is 6.37. The van der Waals surface area contributed by atoms with Crippen LogP contribution < -0.4 is 5.32 Å². The molecule has 2 fully saturated rings. The first-order valence-electron chi connectivity index (χ1n) is 7.27. The molecule has 0 atom stereocenters. The van der Waals surface area contributed by atoms with Gasteiger partial charge in [0.2, 0.25) is 10.0 Å². The summed E-state index contributed by atoms with van der Waals surface area (Å²) >= 11 is 0. The van der Waals surface area contributed by atoms with Crippen LogP contribution in [0.5, 0.6) is 0 Å². The minimum absolute atomic E-state index is 0.302. The average Bonchev–Trinajstić information content (AvgIpc) is 2.96. The second kappa shape index (κ2) is 5.88. The molecule has 1 aliphatic heterocycles. The molecular weight excluding hydrogens is 248 g/mol. The Morgan fingerprint density at radius 2 is 1.94 bits per heavy atom. The van der Waals surface area contributed by atoms with E-state index < -0.39 is 10.0 Å². The molecule has 4 nitrogen and oxygen atoms in total. The molecule has 1 saturated heterocycles. The summed E-state index contributed by atoms with van der Waals surface area (Å²) in [5.41, 5.74) is 0.342. The van der Waals surface area contributed by atoms with Crippen LogP contribution in [0.2, 0.25) is 0 Å². The Balaban J connectivity index is 1.83. The maximum Gasteiger partial charge on any atom is 0.214 e. The zero-order valence-electron chi connectivity index (χ0n) is 11.5. The fourth-order valence-corrected chi connectivity index (χ4v) is 4.96. The summed E-state index contributed by atoms with van der Waals surface area (Å²) in [5.74, 6) is 0.302. The molecule has 0 aromatic carbocycles. The monoisotopic (exact) mass is 274 g/mol. The Labute approximate surface area is 111 Å². The number of nitrogens with one attached hydrogen (secondary N) is 1. The van der Waals surface area contributed by atoms with Crippen molar-refractivity contribution in [3.8, 4) is 0 Å². The van der Waals surface area contributed by atoms with Gasteiger partial charge in [-0.25, -0.2) is 12.7 Å². The third-order valence-electron chi connectivity index (χ3n) is 4.47. The standard InChI is InChI=1S/C13H26N2O2S/c1-2-14-9-5-11-18(16,17)15-10-8-13(12-15)6-3-4-7-13/h14H,2-12H2,1H3. The van der Waals surface area contributed by atoms with Gasteiger partial charge in [-0.05, 0) is 44.2 Å². The van der Waals surface area contributed by atoms with Crippen LogP contribution in [0.4, 0.5) is 0 Å². The molecule has 1 aliphatic carbocycles. The van der Waals surface area contributed by atoms with E-state index in [0.29, 0.717) is 11.2 Å². The van der Waals surface area contributed by atoms with E-state index in [0.717, 1.165) is 39.0 Å². The van der Waals surface area contributed by atoms with Crippen LogP contribution in [0.15, 0.2) is 0 Å². The molecule has 0 bridgehead atoms. The van der Waals surface area contributed by atoms with Gasteiger partial charge in [0.15, 0.2) is 0 Å². The van der Waals surface area contributed by atoms with Crippen molar-refractivity contribution in [2.75, 3.05) is 31.9 Å². The van der Waals surface area contributed by atoms with Gasteiger partial charge in [0.1, 0.15) is 0 Å². The summed E-state index contributed by atoms with van der Waals surface area (Å²) in [4.78, 5) is 0. The first-order valence-corrected chi connectivity index (χ1v) is 8.87. The SMILES string of the molecule is CCNCCCS(=O)(=O)N1CCC2(CCCC2)C1. The van der Waals surface area contributed by atoms with Crippen LogP contribution in [0.1, 0.15) is 45.4 Å². The van der Waals surface area contributed by atoms with Gasteiger partial charge < -0.3 is 5.32 Å². The van der Waals surface area contributed by atoms with Crippen LogP contribution in [0.25, 0.3) is 0 Å². The van der Waals surface area contributed by atoms with Gasteiger partial charge in [0.05, 0.1) is 5.75 Å². The van der Waals surface area contributed by atoms with E-state index in [1.807, 2.05) is 6.92 Å². The van der Waals surface area contributed by atoms with Crippen molar-refractivity contribution in [1.29, 1.82) is 0 Å². The molecule has 1 spiro atoms. The smallest absolute Gasteiger partial charge is 0.214 e. The van der Waals surface area contributed by atoms with Crippen LogP contribution >= 0.6 is 0 Å². The number of rotatable bonds is 6. The molecule has 2 rings (SSSR count). The molecule has 18 heavy (non-hydrogen) atoms. The molecule has 1 N–H and O–H groups in total. The Kier molecular flexibility index (Phi) is 4.67. The van der Waals surface area contributed by atoms with Gasteiger partial charge in [0.25, 0.3) is 0 Å². The molecular formula is C13H26N2O2S. The van der Waals surface area contributed by atoms with Crippen LogP contribution in [0, 0.1) is 5.41 Å². The van der Waals surface area contributed by atoms with Crippen LogP contribution in [0.3, 0.4) is 0 Å². The van der Waals surface area contributed by atoms with Crippen molar-refractivity contribution in [2.45, 2.75) is 45.4 Å². The Morgan fingerprint density at radius 1 is 1.22 bits per heavy atom. The first-order chi connectivity index (χ1) is 8.58. The van der Waals surface area contributed by atoms with E-state index in [9.17, 15) is 8.42 Å². The highest BCUT2D eigenvalue weighted by atomic mass is 32.2. The number of hydrogen-bond acceptors (Lipinski definition) is 3. The summed E-state index contributed by atoms with van der Waals surface area (Å²) in [6, 6.07) is 0. The van der Waals surface area contributed by atoms with Crippen molar-refractivity contribution in [2.24, 2.45) is 5.41 Å². The molecule has 106 valence electrons. The van der Waals surface area contributed by atoms with E-state index in [1.165, 1.54) is 25.7 Å². The van der Waals surface area contributed by atoms with E-state index in [1.54, 1.807) is 4.31 Å². The predicted octanol–water partition coefficient (Wildman–Crippen LogP) is 1.58. The minimum Gasteiger partial charge on any atom is -0.317 e. The van der Waals surface area contributed by atoms with E-state index in [2.05, 4.69) is 5.32 Å². The van der Waals surface area contributed by atoms with E-state index in [-0.39, 0.29) is 0 Å². The molecule has 0 aromatic heterocycles. The molecule has 0 aromatic rings. The van der Waals surface area contributed by atoms with Crippen molar-refractivity contribution in [1.82, 2.24) is 9.62 Å². The van der Waals surface area contributed by atoms with Crippen LogP contribution in [-0.4, -0.2) is 44.7 Å². The molecule has 0 amide bonds. The summed E-state index contributed by atoms with van der Waals surface area (Å²) in [6.07, 6.45) is 6.84. The molecule has 2 aliphatic rings. The number of hydrogen-bond donors (Lipinski definition) is 1. The summed E-state index contributed by atoms with van der Waals surface area (Å²) in [5, 5.41) is 3.18. The zero-order chi connectivity index (χ0) is 13.1. The summed E-state index contributed by atoms with van der Waals surface area (Å²) in [6.45, 7) is 5.29. The number of nitrogens with zero attached hydrogens (tertiary/aromatic N) is 1. The highest BCUT2D eigenvalue weighted by Crippen LogP contribution is 2.45. The molecule has 5 heteroatoms. The van der Waals surface area contributed by atoms with Gasteiger partial charge >= 0.3 is 0 Å². The van der Waals surface area contributed by atoms with Gasteiger partial charge in [0, 0.05) is 13.1 Å². The van der Waals surface area contributed by atoms with Crippen molar-refractivity contribution < 1.29 is 8.42 Å². The topological polar surface area (TPSA) is 49.4 Å². The molecule has 1 heterocycles. The van der Waals surface area contributed by atoms with Crippen molar-refractivity contribution in [3.63, 3.8) is 0 Å². The normalized spacial score (nSPS) is 24.1. The van der Waals surface area contributed by atoms with E-state index in [4.69, 9.17) is 0 Å². The lowest BCUT2D eigenvalue weighted by Crippen LogP contribution is -2.34. The van der Waals surface area contributed by atoms with Gasteiger partial charge in [-0.15, -0.1) is 0 Å². The van der Waals surface area contributed by atoms with Gasteiger partial charge in [-0.2, -0.15) is 0 Å². The van der Waals surface area contributed by atoms with E-state index >= 15 is 0 Å². The molecule has 0 radical (unpaired) electrons. The highest BCUT2D eigenvalue weighted by molar-refractivity contribution is 7.89. The van der Waals surface area contributed by atoms with Crippen LogP contribution in [-0.2, 0) is 10.0 Å². The summed E-state index contributed by atoms with van der Waals surface area (Å²) < 4.78 is 26.2. The Morgan fingerprint density at radius 3 is 2.61 bits per heavy atom. The average molecular weight is 274 g/mol. The predicted molar refractivity (Wildman–Crippen MR) is 74.0 cm³/mol. The largest absolute Gasteiger partial charge is 0.317 e.